The quantitative estimate of drug-likeness (QED) is 0.756. The molecule has 0 saturated carbocycles. The van der Waals surface area contributed by atoms with Crippen LogP contribution in [0.25, 0.3) is 11.0 Å². The van der Waals surface area contributed by atoms with Gasteiger partial charge in [0.2, 0.25) is 0 Å². The zero-order valence-electron chi connectivity index (χ0n) is 10.5. The van der Waals surface area contributed by atoms with Crippen molar-refractivity contribution in [2.45, 2.75) is 19.4 Å². The molecule has 0 aliphatic rings. The maximum absolute atomic E-state index is 6.32. The molecule has 19 heavy (non-hydrogen) atoms. The van der Waals surface area contributed by atoms with Gasteiger partial charge in [-0.15, -0.1) is 11.3 Å². The molecule has 2 aromatic heterocycles. The van der Waals surface area contributed by atoms with E-state index in [2.05, 4.69) is 18.4 Å². The third-order valence-electron chi connectivity index (χ3n) is 3.25. The molecule has 2 N–H and O–H groups in total. The number of fused-ring (bicyclic) bond motifs is 1. The van der Waals surface area contributed by atoms with Gasteiger partial charge in [-0.2, -0.15) is 0 Å². The fraction of sp³-hybridized carbons (Fsp3) is 0.200. The first-order valence-electron chi connectivity index (χ1n) is 6.20. The third-order valence-corrected chi connectivity index (χ3v) is 4.53. The number of rotatable bonds is 3. The van der Waals surface area contributed by atoms with Crippen LogP contribution in [0.4, 0.5) is 0 Å². The molecule has 0 aliphatic carbocycles. The first-order valence-corrected chi connectivity index (χ1v) is 7.45. The molecule has 3 rings (SSSR count). The number of aryl methyl sites for hydroxylation is 1. The summed E-state index contributed by atoms with van der Waals surface area (Å²) in [4.78, 5) is 1.17. The SMILES string of the molecule is CCc1ccsc1C(N)c1cc2cc(Cl)ccc2o1. The fourth-order valence-electron chi connectivity index (χ4n) is 2.23. The van der Waals surface area contributed by atoms with E-state index in [0.717, 1.165) is 23.2 Å². The summed E-state index contributed by atoms with van der Waals surface area (Å²) in [6.45, 7) is 2.14. The summed E-state index contributed by atoms with van der Waals surface area (Å²) >= 11 is 7.66. The maximum Gasteiger partial charge on any atom is 0.134 e. The average molecular weight is 292 g/mol. The minimum absolute atomic E-state index is 0.207. The molecule has 0 saturated heterocycles. The lowest BCUT2D eigenvalue weighted by Crippen LogP contribution is -2.10. The second-order valence-corrected chi connectivity index (χ2v) is 5.86. The molecular formula is C15H14ClNOS. The summed E-state index contributed by atoms with van der Waals surface area (Å²) in [7, 11) is 0. The van der Waals surface area contributed by atoms with Gasteiger partial charge in [-0.25, -0.2) is 0 Å². The lowest BCUT2D eigenvalue weighted by Gasteiger charge is -2.08. The zero-order chi connectivity index (χ0) is 13.4. The average Bonchev–Trinajstić information content (AvgIpc) is 3.03. The number of hydrogen-bond donors (Lipinski definition) is 1. The number of furan rings is 1. The molecule has 1 unspecified atom stereocenters. The summed E-state index contributed by atoms with van der Waals surface area (Å²) in [5, 5.41) is 3.78. The van der Waals surface area contributed by atoms with Crippen molar-refractivity contribution in [2.75, 3.05) is 0 Å². The Morgan fingerprint density at radius 3 is 2.95 bits per heavy atom. The van der Waals surface area contributed by atoms with Crippen LogP contribution in [0.15, 0.2) is 40.1 Å². The molecule has 0 spiro atoms. The van der Waals surface area contributed by atoms with Crippen LogP contribution in [0.2, 0.25) is 5.02 Å². The molecule has 4 heteroatoms. The van der Waals surface area contributed by atoms with Crippen molar-refractivity contribution in [1.29, 1.82) is 0 Å². The summed E-state index contributed by atoms with van der Waals surface area (Å²) < 4.78 is 5.83. The van der Waals surface area contributed by atoms with Crippen molar-refractivity contribution < 1.29 is 4.42 Å². The van der Waals surface area contributed by atoms with Gasteiger partial charge in [-0.3, -0.25) is 0 Å². The smallest absolute Gasteiger partial charge is 0.134 e. The first-order chi connectivity index (χ1) is 9.19. The highest BCUT2D eigenvalue weighted by Crippen LogP contribution is 2.32. The van der Waals surface area contributed by atoms with Crippen LogP contribution in [0.5, 0.6) is 0 Å². The zero-order valence-corrected chi connectivity index (χ0v) is 12.1. The van der Waals surface area contributed by atoms with Crippen molar-refractivity contribution in [3.05, 3.63) is 56.9 Å². The molecular weight excluding hydrogens is 278 g/mol. The maximum atomic E-state index is 6.32. The molecule has 1 atom stereocenters. The molecule has 2 heterocycles. The number of nitrogens with two attached hydrogens (primary N) is 1. The Bertz CT molecular complexity index is 716. The number of benzene rings is 1. The molecule has 0 bridgehead atoms. The Morgan fingerprint density at radius 2 is 2.16 bits per heavy atom. The van der Waals surface area contributed by atoms with E-state index < -0.39 is 0 Å². The molecule has 0 amide bonds. The Balaban J connectivity index is 2.04. The van der Waals surface area contributed by atoms with Gasteiger partial charge in [0.05, 0.1) is 6.04 Å². The van der Waals surface area contributed by atoms with Crippen LogP contribution in [-0.4, -0.2) is 0 Å². The van der Waals surface area contributed by atoms with Gasteiger partial charge in [-0.05, 0) is 47.7 Å². The molecule has 98 valence electrons. The van der Waals surface area contributed by atoms with Gasteiger partial charge in [-0.1, -0.05) is 18.5 Å². The molecule has 0 aliphatic heterocycles. The fourth-order valence-corrected chi connectivity index (χ4v) is 3.42. The van der Waals surface area contributed by atoms with Gasteiger partial charge < -0.3 is 10.2 Å². The predicted molar refractivity (Wildman–Crippen MR) is 81.0 cm³/mol. The minimum atomic E-state index is -0.207. The Hall–Kier alpha value is -1.29. The Kier molecular flexibility index (Phi) is 3.35. The monoisotopic (exact) mass is 291 g/mol. The van der Waals surface area contributed by atoms with Crippen molar-refractivity contribution in [3.8, 4) is 0 Å². The van der Waals surface area contributed by atoms with Crippen molar-refractivity contribution >= 4 is 33.9 Å². The van der Waals surface area contributed by atoms with E-state index in [0.29, 0.717) is 5.02 Å². The molecule has 0 fully saturated rings. The highest BCUT2D eigenvalue weighted by atomic mass is 35.5. The molecule has 2 nitrogen and oxygen atoms in total. The van der Waals surface area contributed by atoms with E-state index in [-0.39, 0.29) is 6.04 Å². The summed E-state index contributed by atoms with van der Waals surface area (Å²) in [6.07, 6.45) is 0.985. The van der Waals surface area contributed by atoms with E-state index >= 15 is 0 Å². The molecule has 1 aromatic carbocycles. The van der Waals surface area contributed by atoms with Crippen molar-refractivity contribution in [3.63, 3.8) is 0 Å². The van der Waals surface area contributed by atoms with Crippen LogP contribution in [0.3, 0.4) is 0 Å². The van der Waals surface area contributed by atoms with E-state index in [1.54, 1.807) is 11.3 Å². The Morgan fingerprint density at radius 1 is 1.32 bits per heavy atom. The van der Waals surface area contributed by atoms with E-state index in [4.69, 9.17) is 21.8 Å². The van der Waals surface area contributed by atoms with Crippen LogP contribution >= 0.6 is 22.9 Å². The highest BCUT2D eigenvalue weighted by Gasteiger charge is 2.18. The Labute approximate surface area is 120 Å². The van der Waals surface area contributed by atoms with E-state index in [9.17, 15) is 0 Å². The predicted octanol–water partition coefficient (Wildman–Crippen LogP) is 4.76. The van der Waals surface area contributed by atoms with Crippen LogP contribution in [-0.2, 0) is 6.42 Å². The van der Waals surface area contributed by atoms with E-state index in [1.165, 1.54) is 10.4 Å². The van der Waals surface area contributed by atoms with Crippen molar-refractivity contribution in [1.82, 2.24) is 0 Å². The summed E-state index contributed by atoms with van der Waals surface area (Å²) in [6, 6.07) is 9.49. The second-order valence-electron chi connectivity index (χ2n) is 4.47. The van der Waals surface area contributed by atoms with Crippen LogP contribution < -0.4 is 5.73 Å². The largest absolute Gasteiger partial charge is 0.459 e. The van der Waals surface area contributed by atoms with Gasteiger partial charge in [0.15, 0.2) is 0 Å². The molecule has 0 radical (unpaired) electrons. The summed E-state index contributed by atoms with van der Waals surface area (Å²) in [5.41, 5.74) is 8.43. The summed E-state index contributed by atoms with van der Waals surface area (Å²) in [5.74, 6) is 0.786. The lowest BCUT2D eigenvalue weighted by molar-refractivity contribution is 0.527. The number of thiophene rings is 1. The van der Waals surface area contributed by atoms with Gasteiger partial charge in [0, 0.05) is 15.3 Å². The topological polar surface area (TPSA) is 39.2 Å². The second kappa shape index (κ2) is 5.00. The molecule has 3 aromatic rings. The number of halogens is 1. The van der Waals surface area contributed by atoms with Crippen LogP contribution in [0, 0.1) is 0 Å². The van der Waals surface area contributed by atoms with E-state index in [1.807, 2.05) is 24.3 Å². The highest BCUT2D eigenvalue weighted by molar-refractivity contribution is 7.10. The van der Waals surface area contributed by atoms with Gasteiger partial charge in [0.25, 0.3) is 0 Å². The van der Waals surface area contributed by atoms with Crippen molar-refractivity contribution in [2.24, 2.45) is 5.73 Å². The normalized spacial score (nSPS) is 13.0. The third kappa shape index (κ3) is 2.29. The lowest BCUT2D eigenvalue weighted by atomic mass is 10.1. The van der Waals surface area contributed by atoms with Crippen LogP contribution in [0.1, 0.15) is 29.2 Å². The standard InChI is InChI=1S/C15H14ClNOS/c1-2-9-5-6-19-15(9)14(17)13-8-10-7-11(16)3-4-12(10)18-13/h3-8,14H,2,17H2,1H3. The minimum Gasteiger partial charge on any atom is -0.459 e. The first kappa shape index (κ1) is 12.7. The van der Waals surface area contributed by atoms with Gasteiger partial charge in [0.1, 0.15) is 11.3 Å². The van der Waals surface area contributed by atoms with Gasteiger partial charge >= 0.3 is 0 Å². The number of hydrogen-bond acceptors (Lipinski definition) is 3.